The summed E-state index contributed by atoms with van der Waals surface area (Å²) in [6.07, 6.45) is 6.59. The van der Waals surface area contributed by atoms with E-state index in [9.17, 15) is 9.59 Å². The SMILES string of the molecule is NC(=O)[C@]12CCOC[C@H]1CN(C(=O)c1cnc3n1CCCCC3)C2. The monoisotopic (exact) mass is 332 g/mol. The number of nitrogens with zero attached hydrogens (tertiary/aromatic N) is 3. The van der Waals surface area contributed by atoms with Gasteiger partial charge in [0.1, 0.15) is 11.5 Å². The third-order valence-electron chi connectivity index (χ3n) is 5.92. The lowest BCUT2D eigenvalue weighted by Gasteiger charge is -2.34. The number of hydrogen-bond acceptors (Lipinski definition) is 4. The second-order valence-corrected chi connectivity index (χ2v) is 7.25. The van der Waals surface area contributed by atoms with Gasteiger partial charge in [0.25, 0.3) is 5.91 Å². The highest BCUT2D eigenvalue weighted by Crippen LogP contribution is 2.42. The lowest BCUT2D eigenvalue weighted by Crippen LogP contribution is -2.48. The Labute approximate surface area is 141 Å². The van der Waals surface area contributed by atoms with E-state index in [1.165, 1.54) is 6.42 Å². The van der Waals surface area contributed by atoms with E-state index in [4.69, 9.17) is 10.5 Å². The smallest absolute Gasteiger partial charge is 0.272 e. The molecule has 7 nitrogen and oxygen atoms in total. The highest BCUT2D eigenvalue weighted by Gasteiger charge is 2.53. The third-order valence-corrected chi connectivity index (χ3v) is 5.92. The molecule has 2 amide bonds. The minimum atomic E-state index is -0.629. The summed E-state index contributed by atoms with van der Waals surface area (Å²) in [6, 6.07) is 0. The molecule has 2 N–H and O–H groups in total. The molecule has 0 aromatic carbocycles. The van der Waals surface area contributed by atoms with Crippen molar-refractivity contribution >= 4 is 11.8 Å². The Bertz CT molecular complexity index is 671. The minimum absolute atomic E-state index is 0.000717. The van der Waals surface area contributed by atoms with Crippen molar-refractivity contribution < 1.29 is 14.3 Å². The maximum atomic E-state index is 13.1. The summed E-state index contributed by atoms with van der Waals surface area (Å²) in [5.41, 5.74) is 5.72. The van der Waals surface area contributed by atoms with Crippen molar-refractivity contribution in [1.82, 2.24) is 14.5 Å². The molecular weight excluding hydrogens is 308 g/mol. The van der Waals surface area contributed by atoms with Crippen molar-refractivity contribution in [1.29, 1.82) is 0 Å². The molecule has 1 aromatic rings. The van der Waals surface area contributed by atoms with E-state index in [-0.39, 0.29) is 17.7 Å². The number of nitrogens with two attached hydrogens (primary N) is 1. The van der Waals surface area contributed by atoms with E-state index >= 15 is 0 Å². The molecule has 0 spiro atoms. The van der Waals surface area contributed by atoms with Crippen molar-refractivity contribution in [2.75, 3.05) is 26.3 Å². The fraction of sp³-hybridized carbons (Fsp3) is 0.706. The van der Waals surface area contributed by atoms with E-state index < -0.39 is 5.41 Å². The Morgan fingerprint density at radius 2 is 2.21 bits per heavy atom. The number of likely N-dealkylation sites (tertiary alicyclic amines) is 1. The number of hydrogen-bond donors (Lipinski definition) is 1. The van der Waals surface area contributed by atoms with Crippen LogP contribution in [-0.4, -0.2) is 52.6 Å². The van der Waals surface area contributed by atoms with E-state index in [1.54, 1.807) is 11.1 Å². The van der Waals surface area contributed by atoms with Crippen molar-refractivity contribution in [3.8, 4) is 0 Å². The number of rotatable bonds is 2. The molecule has 24 heavy (non-hydrogen) atoms. The van der Waals surface area contributed by atoms with Crippen LogP contribution in [0.3, 0.4) is 0 Å². The topological polar surface area (TPSA) is 90.5 Å². The summed E-state index contributed by atoms with van der Waals surface area (Å²) in [6.45, 7) is 2.80. The fourth-order valence-electron chi connectivity index (χ4n) is 4.43. The molecule has 0 radical (unpaired) electrons. The second kappa shape index (κ2) is 5.88. The van der Waals surface area contributed by atoms with Crippen LogP contribution in [0.4, 0.5) is 0 Å². The zero-order chi connectivity index (χ0) is 16.7. The van der Waals surface area contributed by atoms with Crippen LogP contribution in [0.2, 0.25) is 0 Å². The van der Waals surface area contributed by atoms with Gasteiger partial charge in [0.2, 0.25) is 5.91 Å². The van der Waals surface area contributed by atoms with Gasteiger partial charge in [0.05, 0.1) is 18.2 Å². The van der Waals surface area contributed by atoms with Gasteiger partial charge in [-0.3, -0.25) is 9.59 Å². The van der Waals surface area contributed by atoms with Crippen molar-refractivity contribution in [2.45, 2.75) is 38.6 Å². The summed E-state index contributed by atoms with van der Waals surface area (Å²) in [5, 5.41) is 0. The Morgan fingerprint density at radius 3 is 3.00 bits per heavy atom. The van der Waals surface area contributed by atoms with Crippen LogP contribution in [0, 0.1) is 11.3 Å². The van der Waals surface area contributed by atoms with E-state index in [2.05, 4.69) is 9.55 Å². The molecule has 2 saturated heterocycles. The first-order valence-electron chi connectivity index (χ1n) is 8.83. The van der Waals surface area contributed by atoms with E-state index in [0.717, 1.165) is 31.6 Å². The maximum absolute atomic E-state index is 13.1. The number of aryl methyl sites for hydroxylation is 1. The van der Waals surface area contributed by atoms with Crippen LogP contribution in [0.25, 0.3) is 0 Å². The molecule has 3 aliphatic heterocycles. The first-order valence-corrected chi connectivity index (χ1v) is 8.83. The van der Waals surface area contributed by atoms with Gasteiger partial charge in [0, 0.05) is 38.6 Å². The number of aromatic nitrogens is 2. The third kappa shape index (κ3) is 2.33. The lowest BCUT2D eigenvalue weighted by molar-refractivity contribution is -0.135. The Balaban J connectivity index is 1.60. The molecule has 0 aliphatic carbocycles. The highest BCUT2D eigenvalue weighted by atomic mass is 16.5. The van der Waals surface area contributed by atoms with Gasteiger partial charge in [-0.15, -0.1) is 0 Å². The second-order valence-electron chi connectivity index (χ2n) is 7.25. The van der Waals surface area contributed by atoms with Crippen LogP contribution in [0.1, 0.15) is 42.0 Å². The van der Waals surface area contributed by atoms with Crippen LogP contribution in [-0.2, 0) is 22.5 Å². The van der Waals surface area contributed by atoms with Gasteiger partial charge in [-0.2, -0.15) is 0 Å². The number of fused-ring (bicyclic) bond motifs is 2. The summed E-state index contributed by atoms with van der Waals surface area (Å²) in [7, 11) is 0. The number of imidazole rings is 1. The Morgan fingerprint density at radius 1 is 1.33 bits per heavy atom. The molecule has 4 heterocycles. The molecule has 0 saturated carbocycles. The van der Waals surface area contributed by atoms with Gasteiger partial charge >= 0.3 is 0 Å². The highest BCUT2D eigenvalue weighted by molar-refractivity contribution is 5.94. The number of carbonyl (C=O) groups is 2. The molecule has 1 aromatic heterocycles. The van der Waals surface area contributed by atoms with Gasteiger partial charge < -0.3 is 19.9 Å². The zero-order valence-electron chi connectivity index (χ0n) is 13.9. The molecular formula is C17H24N4O3. The maximum Gasteiger partial charge on any atom is 0.272 e. The van der Waals surface area contributed by atoms with Gasteiger partial charge in [0.15, 0.2) is 0 Å². The Hall–Kier alpha value is -1.89. The normalized spacial score (nSPS) is 29.7. The van der Waals surface area contributed by atoms with Crippen molar-refractivity contribution in [3.63, 3.8) is 0 Å². The standard InChI is InChI=1S/C17H24N4O3/c18-16(23)17-5-7-24-10-12(17)9-20(11-17)15(22)13-8-19-14-4-2-1-3-6-21(13)14/h8,12H,1-7,9-11H2,(H2,18,23)/t12-,17+/m1/s1. The summed E-state index contributed by atoms with van der Waals surface area (Å²) in [5.74, 6) is 0.656. The molecule has 2 atom stereocenters. The summed E-state index contributed by atoms with van der Waals surface area (Å²) in [4.78, 5) is 31.4. The minimum Gasteiger partial charge on any atom is -0.381 e. The van der Waals surface area contributed by atoms with Crippen LogP contribution in [0.5, 0.6) is 0 Å². The van der Waals surface area contributed by atoms with Gasteiger partial charge in [-0.05, 0) is 19.3 Å². The van der Waals surface area contributed by atoms with E-state index in [0.29, 0.717) is 38.4 Å². The van der Waals surface area contributed by atoms with Gasteiger partial charge in [-0.25, -0.2) is 4.98 Å². The summed E-state index contributed by atoms with van der Waals surface area (Å²) < 4.78 is 7.58. The molecule has 3 aliphatic rings. The predicted molar refractivity (Wildman–Crippen MR) is 86.2 cm³/mol. The number of carbonyl (C=O) groups excluding carboxylic acids is 2. The van der Waals surface area contributed by atoms with Crippen LogP contribution >= 0.6 is 0 Å². The number of ether oxygens (including phenoxy) is 1. The predicted octanol–water partition coefficient (Wildman–Crippen LogP) is 0.573. The number of primary amides is 1. The average molecular weight is 332 g/mol. The van der Waals surface area contributed by atoms with Crippen molar-refractivity contribution in [3.05, 3.63) is 17.7 Å². The number of amides is 2. The first-order chi connectivity index (χ1) is 11.6. The van der Waals surface area contributed by atoms with Crippen LogP contribution in [0.15, 0.2) is 6.20 Å². The largest absolute Gasteiger partial charge is 0.381 e. The van der Waals surface area contributed by atoms with E-state index in [1.807, 2.05) is 0 Å². The molecule has 4 rings (SSSR count). The molecule has 0 unspecified atom stereocenters. The van der Waals surface area contributed by atoms with Crippen molar-refractivity contribution in [2.24, 2.45) is 17.1 Å². The molecule has 7 heteroatoms. The molecule has 0 bridgehead atoms. The lowest BCUT2D eigenvalue weighted by atomic mass is 9.74. The Kier molecular flexibility index (Phi) is 3.83. The molecule has 130 valence electrons. The fourth-order valence-corrected chi connectivity index (χ4v) is 4.43. The molecule has 2 fully saturated rings. The quantitative estimate of drug-likeness (QED) is 0.857. The zero-order valence-corrected chi connectivity index (χ0v) is 13.9. The summed E-state index contributed by atoms with van der Waals surface area (Å²) >= 11 is 0. The average Bonchev–Trinajstić information content (AvgIpc) is 3.09. The van der Waals surface area contributed by atoms with Gasteiger partial charge in [-0.1, -0.05) is 6.42 Å². The van der Waals surface area contributed by atoms with Crippen LogP contribution < -0.4 is 5.73 Å². The first kappa shape index (κ1) is 15.6.